The highest BCUT2D eigenvalue weighted by atomic mass is 32.1. The van der Waals surface area contributed by atoms with E-state index in [9.17, 15) is 4.39 Å². The third-order valence-corrected chi connectivity index (χ3v) is 4.16. The molecular weight excluding hydrogens is 285 g/mol. The number of anilines is 1. The number of hydrogen-bond donors (Lipinski definition) is 0. The highest BCUT2D eigenvalue weighted by Crippen LogP contribution is 2.19. The van der Waals surface area contributed by atoms with E-state index in [1.54, 1.807) is 17.5 Å². The van der Waals surface area contributed by atoms with Gasteiger partial charge in [0.15, 0.2) is 0 Å². The van der Waals surface area contributed by atoms with Crippen LogP contribution in [0.25, 0.3) is 0 Å². The maximum atomic E-state index is 13.4. The number of halogens is 1. The molecule has 0 saturated carbocycles. The normalized spacial score (nSPS) is 18.2. The fourth-order valence-electron chi connectivity index (χ4n) is 2.34. The Hall–Kier alpha value is -1.93. The summed E-state index contributed by atoms with van der Waals surface area (Å²) < 4.78 is 13.4. The van der Waals surface area contributed by atoms with Crippen LogP contribution in [0.1, 0.15) is 29.1 Å². The lowest BCUT2D eigenvalue weighted by atomic mass is 10.1. The van der Waals surface area contributed by atoms with Gasteiger partial charge in [-0.3, -0.25) is 0 Å². The van der Waals surface area contributed by atoms with Crippen LogP contribution in [-0.2, 0) is 0 Å². The Balaban J connectivity index is 1.71. The molecule has 0 radical (unpaired) electrons. The Kier molecular flexibility index (Phi) is 4.16. The van der Waals surface area contributed by atoms with Crippen molar-refractivity contribution in [1.29, 1.82) is 0 Å². The Labute approximate surface area is 127 Å². The first-order valence-corrected chi connectivity index (χ1v) is 7.88. The summed E-state index contributed by atoms with van der Waals surface area (Å²) in [4.78, 5) is 10.7. The quantitative estimate of drug-likeness (QED) is 0.758. The van der Waals surface area contributed by atoms with Crippen LogP contribution in [-0.4, -0.2) is 29.2 Å². The van der Waals surface area contributed by atoms with Crippen LogP contribution in [0.5, 0.6) is 0 Å². The lowest BCUT2D eigenvalue weighted by Gasteiger charge is -2.29. The van der Waals surface area contributed by atoms with Gasteiger partial charge in [0.1, 0.15) is 17.7 Å². The van der Waals surface area contributed by atoms with Crippen molar-refractivity contribution in [1.82, 2.24) is 9.97 Å². The molecule has 1 aliphatic heterocycles. The molecule has 2 aromatic heterocycles. The molecule has 0 bridgehead atoms. The standard InChI is InChI=1S/C16H16FN3S/c1-12-19-15(11-21-12)6-4-13-5-7-16(18-9-13)20-8-2-3-14(17)10-20/h5,7,9,11,14H,2-3,8,10H2,1H3. The zero-order valence-corrected chi connectivity index (χ0v) is 12.7. The van der Waals surface area contributed by atoms with E-state index in [-0.39, 0.29) is 0 Å². The molecule has 2 aromatic rings. The average Bonchev–Trinajstić information content (AvgIpc) is 2.91. The molecule has 1 saturated heterocycles. The maximum Gasteiger partial charge on any atom is 0.128 e. The Bertz CT molecular complexity index is 669. The number of pyridine rings is 1. The Morgan fingerprint density at radius 1 is 1.38 bits per heavy atom. The molecule has 3 heterocycles. The number of hydrogen-bond acceptors (Lipinski definition) is 4. The summed E-state index contributed by atoms with van der Waals surface area (Å²) in [5.41, 5.74) is 1.64. The first-order valence-electron chi connectivity index (χ1n) is 7.00. The highest BCUT2D eigenvalue weighted by molar-refractivity contribution is 7.09. The fraction of sp³-hybridized carbons (Fsp3) is 0.375. The first kappa shape index (κ1) is 14.0. The van der Waals surface area contributed by atoms with E-state index >= 15 is 0 Å². The summed E-state index contributed by atoms with van der Waals surface area (Å²) in [5, 5.41) is 2.96. The van der Waals surface area contributed by atoms with Crippen LogP contribution in [0.15, 0.2) is 23.7 Å². The molecule has 3 nitrogen and oxygen atoms in total. The molecule has 1 unspecified atom stereocenters. The van der Waals surface area contributed by atoms with Crippen LogP contribution in [0.3, 0.4) is 0 Å². The predicted octanol–water partition coefficient (Wildman–Crippen LogP) is 3.18. The molecule has 0 amide bonds. The summed E-state index contributed by atoms with van der Waals surface area (Å²) in [7, 11) is 0. The summed E-state index contributed by atoms with van der Waals surface area (Å²) in [6.07, 6.45) is 2.54. The van der Waals surface area contributed by atoms with Crippen molar-refractivity contribution < 1.29 is 4.39 Å². The second kappa shape index (κ2) is 6.23. The molecule has 1 atom stereocenters. The predicted molar refractivity (Wildman–Crippen MR) is 83.4 cm³/mol. The summed E-state index contributed by atoms with van der Waals surface area (Å²) >= 11 is 1.59. The van der Waals surface area contributed by atoms with Crippen molar-refractivity contribution in [3.8, 4) is 11.8 Å². The van der Waals surface area contributed by atoms with Gasteiger partial charge in [-0.05, 0) is 37.8 Å². The number of thiazole rings is 1. The Morgan fingerprint density at radius 3 is 2.95 bits per heavy atom. The number of nitrogens with zero attached hydrogens (tertiary/aromatic N) is 3. The smallest absolute Gasteiger partial charge is 0.128 e. The SMILES string of the molecule is Cc1nc(C#Cc2ccc(N3CCCC(F)C3)nc2)cs1. The van der Waals surface area contributed by atoms with E-state index in [1.165, 1.54) is 0 Å². The van der Waals surface area contributed by atoms with Gasteiger partial charge in [0, 0.05) is 23.7 Å². The van der Waals surface area contributed by atoms with Gasteiger partial charge >= 0.3 is 0 Å². The van der Waals surface area contributed by atoms with E-state index in [4.69, 9.17) is 0 Å². The molecule has 108 valence electrons. The molecule has 0 aliphatic carbocycles. The lowest BCUT2D eigenvalue weighted by Crippen LogP contribution is -2.36. The van der Waals surface area contributed by atoms with Gasteiger partial charge < -0.3 is 4.90 Å². The summed E-state index contributed by atoms with van der Waals surface area (Å²) in [6, 6.07) is 3.84. The van der Waals surface area contributed by atoms with Gasteiger partial charge in [-0.25, -0.2) is 14.4 Å². The number of aryl methyl sites for hydroxylation is 1. The minimum Gasteiger partial charge on any atom is -0.354 e. The molecule has 3 rings (SSSR count). The molecular formula is C16H16FN3S. The van der Waals surface area contributed by atoms with Crippen molar-refractivity contribution in [2.24, 2.45) is 0 Å². The summed E-state index contributed by atoms with van der Waals surface area (Å²) in [5.74, 6) is 6.90. The minimum absolute atomic E-state index is 0.441. The van der Waals surface area contributed by atoms with E-state index in [1.807, 2.05) is 29.3 Å². The second-order valence-electron chi connectivity index (χ2n) is 5.09. The van der Waals surface area contributed by atoms with Gasteiger partial charge in [-0.2, -0.15) is 0 Å². The van der Waals surface area contributed by atoms with Crippen molar-refractivity contribution in [2.45, 2.75) is 25.9 Å². The molecule has 21 heavy (non-hydrogen) atoms. The number of rotatable bonds is 1. The molecule has 0 N–H and O–H groups in total. The molecule has 0 spiro atoms. The fourth-order valence-corrected chi connectivity index (χ4v) is 2.88. The topological polar surface area (TPSA) is 29.0 Å². The molecule has 1 aliphatic rings. The molecule has 0 aromatic carbocycles. The second-order valence-corrected chi connectivity index (χ2v) is 6.15. The van der Waals surface area contributed by atoms with Crippen LogP contribution in [0.2, 0.25) is 0 Å². The van der Waals surface area contributed by atoms with Crippen molar-refractivity contribution >= 4 is 17.2 Å². The Morgan fingerprint density at radius 2 is 2.29 bits per heavy atom. The van der Waals surface area contributed by atoms with E-state index < -0.39 is 6.17 Å². The van der Waals surface area contributed by atoms with Crippen LogP contribution >= 0.6 is 11.3 Å². The third kappa shape index (κ3) is 3.59. The van der Waals surface area contributed by atoms with E-state index in [2.05, 4.69) is 21.8 Å². The third-order valence-electron chi connectivity index (χ3n) is 3.39. The largest absolute Gasteiger partial charge is 0.354 e. The zero-order chi connectivity index (χ0) is 14.7. The average molecular weight is 301 g/mol. The van der Waals surface area contributed by atoms with Gasteiger partial charge in [-0.15, -0.1) is 11.3 Å². The minimum atomic E-state index is -0.743. The number of piperidine rings is 1. The first-order chi connectivity index (χ1) is 10.2. The van der Waals surface area contributed by atoms with Crippen LogP contribution in [0, 0.1) is 18.8 Å². The zero-order valence-electron chi connectivity index (χ0n) is 11.8. The van der Waals surface area contributed by atoms with Gasteiger partial charge in [0.05, 0.1) is 11.6 Å². The van der Waals surface area contributed by atoms with E-state index in [0.717, 1.165) is 35.0 Å². The number of alkyl halides is 1. The van der Waals surface area contributed by atoms with Crippen molar-refractivity contribution in [3.63, 3.8) is 0 Å². The van der Waals surface area contributed by atoms with Gasteiger partial charge in [0.2, 0.25) is 0 Å². The molecule has 5 heteroatoms. The van der Waals surface area contributed by atoms with Crippen molar-refractivity contribution in [2.75, 3.05) is 18.0 Å². The van der Waals surface area contributed by atoms with E-state index in [0.29, 0.717) is 13.0 Å². The maximum absolute atomic E-state index is 13.4. The number of aromatic nitrogens is 2. The van der Waals surface area contributed by atoms with Crippen molar-refractivity contribution in [3.05, 3.63) is 40.0 Å². The van der Waals surface area contributed by atoms with Gasteiger partial charge in [0.25, 0.3) is 0 Å². The van der Waals surface area contributed by atoms with Crippen LogP contribution < -0.4 is 4.90 Å². The highest BCUT2D eigenvalue weighted by Gasteiger charge is 2.19. The lowest BCUT2D eigenvalue weighted by molar-refractivity contribution is 0.286. The van der Waals surface area contributed by atoms with Crippen LogP contribution in [0.4, 0.5) is 10.2 Å². The van der Waals surface area contributed by atoms with Gasteiger partial charge in [-0.1, -0.05) is 5.92 Å². The molecule has 1 fully saturated rings. The summed E-state index contributed by atoms with van der Waals surface area (Å²) in [6.45, 7) is 3.27. The monoisotopic (exact) mass is 301 g/mol.